The molecular formula is C8H7ClN2O2S. The van der Waals surface area contributed by atoms with Gasteiger partial charge in [0.2, 0.25) is 0 Å². The zero-order valence-electron chi connectivity index (χ0n) is 7.28. The molecule has 4 nitrogen and oxygen atoms in total. The van der Waals surface area contributed by atoms with Crippen molar-refractivity contribution < 1.29 is 8.42 Å². The predicted molar refractivity (Wildman–Crippen MR) is 54.2 cm³/mol. The topological polar surface area (TPSA) is 62.8 Å². The quantitative estimate of drug-likeness (QED) is 0.810. The molecule has 0 aliphatic rings. The molecule has 74 valence electrons. The van der Waals surface area contributed by atoms with Gasteiger partial charge in [-0.3, -0.25) is 4.98 Å². The molecule has 1 N–H and O–H groups in total. The lowest BCUT2D eigenvalue weighted by Crippen LogP contribution is -1.96. The van der Waals surface area contributed by atoms with Crippen molar-refractivity contribution in [1.29, 1.82) is 0 Å². The van der Waals surface area contributed by atoms with Gasteiger partial charge in [0.15, 0.2) is 9.84 Å². The number of hydrogen-bond donors (Lipinski definition) is 1. The smallest absolute Gasteiger partial charge is 0.190 e. The van der Waals surface area contributed by atoms with Gasteiger partial charge in [0.05, 0.1) is 16.7 Å². The highest BCUT2D eigenvalue weighted by molar-refractivity contribution is 7.90. The van der Waals surface area contributed by atoms with Gasteiger partial charge in [0.25, 0.3) is 0 Å². The molecule has 0 aromatic carbocycles. The first-order chi connectivity index (χ1) is 6.48. The van der Waals surface area contributed by atoms with Crippen LogP contribution in [0.2, 0.25) is 5.02 Å². The highest BCUT2D eigenvalue weighted by Crippen LogP contribution is 2.24. The van der Waals surface area contributed by atoms with Gasteiger partial charge in [-0.1, -0.05) is 11.6 Å². The Hall–Kier alpha value is -1.07. The Kier molecular flexibility index (Phi) is 2.01. The van der Waals surface area contributed by atoms with E-state index in [-0.39, 0.29) is 5.03 Å². The Morgan fingerprint density at radius 2 is 2.14 bits per heavy atom. The van der Waals surface area contributed by atoms with Crippen molar-refractivity contribution in [1.82, 2.24) is 9.97 Å². The molecule has 0 saturated heterocycles. The van der Waals surface area contributed by atoms with Gasteiger partial charge in [-0.15, -0.1) is 0 Å². The fourth-order valence-corrected chi connectivity index (χ4v) is 2.03. The van der Waals surface area contributed by atoms with Crippen LogP contribution in [0.25, 0.3) is 10.9 Å². The average Bonchev–Trinajstić information content (AvgIpc) is 2.48. The summed E-state index contributed by atoms with van der Waals surface area (Å²) >= 11 is 5.84. The van der Waals surface area contributed by atoms with Crippen molar-refractivity contribution in [3.8, 4) is 0 Å². The van der Waals surface area contributed by atoms with Crippen LogP contribution in [0.15, 0.2) is 23.5 Å². The summed E-state index contributed by atoms with van der Waals surface area (Å²) < 4.78 is 22.4. The number of aromatic amines is 1. The average molecular weight is 231 g/mol. The first-order valence-corrected chi connectivity index (χ1v) is 6.08. The number of hydrogen-bond acceptors (Lipinski definition) is 3. The Morgan fingerprint density at radius 1 is 1.43 bits per heavy atom. The third kappa shape index (κ3) is 1.49. The molecule has 0 aliphatic carbocycles. The Morgan fingerprint density at radius 3 is 2.71 bits per heavy atom. The van der Waals surface area contributed by atoms with E-state index >= 15 is 0 Å². The first-order valence-electron chi connectivity index (χ1n) is 3.81. The number of sulfone groups is 1. The van der Waals surface area contributed by atoms with Crippen molar-refractivity contribution in [3.05, 3.63) is 23.5 Å². The van der Waals surface area contributed by atoms with Gasteiger partial charge in [-0.2, -0.15) is 0 Å². The van der Waals surface area contributed by atoms with Gasteiger partial charge < -0.3 is 4.98 Å². The van der Waals surface area contributed by atoms with Crippen LogP contribution in [0.1, 0.15) is 0 Å². The zero-order chi connectivity index (χ0) is 10.3. The number of fused-ring (bicyclic) bond motifs is 1. The normalized spacial score (nSPS) is 12.1. The standard InChI is InChI=1S/C8H7ClN2O2S/c1-14(12,13)8-2-5-6(9)3-10-4-7(5)11-8/h2-4,11H,1H3. The van der Waals surface area contributed by atoms with E-state index < -0.39 is 9.84 Å². The monoisotopic (exact) mass is 230 g/mol. The minimum absolute atomic E-state index is 0.155. The van der Waals surface area contributed by atoms with Crippen molar-refractivity contribution in [3.63, 3.8) is 0 Å². The Bertz CT molecular complexity index is 588. The molecule has 0 aliphatic heterocycles. The predicted octanol–water partition coefficient (Wildman–Crippen LogP) is 1.62. The summed E-state index contributed by atoms with van der Waals surface area (Å²) in [6.07, 6.45) is 4.15. The number of rotatable bonds is 1. The molecule has 2 rings (SSSR count). The van der Waals surface area contributed by atoms with Crippen molar-refractivity contribution in [2.75, 3.05) is 6.26 Å². The van der Waals surface area contributed by atoms with E-state index in [2.05, 4.69) is 9.97 Å². The lowest BCUT2D eigenvalue weighted by atomic mass is 10.3. The molecule has 0 saturated carbocycles. The maximum Gasteiger partial charge on any atom is 0.190 e. The molecular weight excluding hydrogens is 224 g/mol. The fourth-order valence-electron chi connectivity index (χ4n) is 1.19. The van der Waals surface area contributed by atoms with Crippen molar-refractivity contribution in [2.45, 2.75) is 5.03 Å². The van der Waals surface area contributed by atoms with E-state index in [0.29, 0.717) is 15.9 Å². The van der Waals surface area contributed by atoms with Gasteiger partial charge in [-0.05, 0) is 6.07 Å². The maximum atomic E-state index is 11.2. The Labute approximate surface area is 85.8 Å². The summed E-state index contributed by atoms with van der Waals surface area (Å²) in [7, 11) is -3.22. The lowest BCUT2D eigenvalue weighted by molar-refractivity contribution is 0.599. The molecule has 2 aromatic heterocycles. The van der Waals surface area contributed by atoms with Crippen molar-refractivity contribution >= 4 is 32.3 Å². The Balaban J connectivity index is 2.81. The highest BCUT2D eigenvalue weighted by atomic mass is 35.5. The molecule has 0 fully saturated rings. The second-order valence-corrected chi connectivity index (χ2v) is 5.38. The van der Waals surface area contributed by atoms with E-state index in [4.69, 9.17) is 11.6 Å². The third-order valence-corrected chi connectivity index (χ3v) is 3.19. The van der Waals surface area contributed by atoms with Gasteiger partial charge >= 0.3 is 0 Å². The van der Waals surface area contributed by atoms with E-state index in [9.17, 15) is 8.42 Å². The van der Waals surface area contributed by atoms with Crippen LogP contribution in [-0.4, -0.2) is 24.6 Å². The molecule has 0 radical (unpaired) electrons. The lowest BCUT2D eigenvalue weighted by Gasteiger charge is -1.89. The molecule has 0 unspecified atom stereocenters. The van der Waals surface area contributed by atoms with Crippen LogP contribution in [0, 0.1) is 0 Å². The van der Waals surface area contributed by atoms with E-state index in [1.54, 1.807) is 0 Å². The van der Waals surface area contributed by atoms with Crippen molar-refractivity contribution in [2.24, 2.45) is 0 Å². The number of nitrogens with zero attached hydrogens (tertiary/aromatic N) is 1. The largest absolute Gasteiger partial charge is 0.344 e. The summed E-state index contributed by atoms with van der Waals surface area (Å²) in [4.78, 5) is 6.59. The van der Waals surface area contributed by atoms with Gasteiger partial charge in [0, 0.05) is 17.8 Å². The summed E-state index contributed by atoms with van der Waals surface area (Å²) in [5.41, 5.74) is 0.623. The molecule has 0 amide bonds. The van der Waals surface area contributed by atoms with Crippen LogP contribution in [0.4, 0.5) is 0 Å². The minimum Gasteiger partial charge on any atom is -0.344 e. The number of nitrogens with one attached hydrogen (secondary N) is 1. The van der Waals surface area contributed by atoms with Crippen LogP contribution in [0.3, 0.4) is 0 Å². The second-order valence-electron chi connectivity index (χ2n) is 2.99. The van der Waals surface area contributed by atoms with E-state index in [1.165, 1.54) is 18.5 Å². The van der Waals surface area contributed by atoms with Gasteiger partial charge in [0.1, 0.15) is 5.03 Å². The SMILES string of the molecule is CS(=O)(=O)c1cc2c(Cl)cncc2[nH]1. The third-order valence-electron chi connectivity index (χ3n) is 1.87. The first kappa shape index (κ1) is 9.48. The number of pyridine rings is 1. The molecule has 14 heavy (non-hydrogen) atoms. The fraction of sp³-hybridized carbons (Fsp3) is 0.125. The number of halogens is 1. The van der Waals surface area contributed by atoms with E-state index in [0.717, 1.165) is 6.26 Å². The summed E-state index contributed by atoms with van der Waals surface area (Å²) in [5, 5.41) is 1.26. The van der Waals surface area contributed by atoms with Crippen LogP contribution >= 0.6 is 11.6 Å². The van der Waals surface area contributed by atoms with Crippen LogP contribution in [0.5, 0.6) is 0 Å². The molecule has 0 spiro atoms. The molecule has 0 bridgehead atoms. The highest BCUT2D eigenvalue weighted by Gasteiger charge is 2.12. The number of aromatic nitrogens is 2. The van der Waals surface area contributed by atoms with Crippen LogP contribution < -0.4 is 0 Å². The summed E-state index contributed by atoms with van der Waals surface area (Å²) in [6.45, 7) is 0. The molecule has 2 aromatic rings. The van der Waals surface area contributed by atoms with Crippen LogP contribution in [-0.2, 0) is 9.84 Å². The summed E-state index contributed by atoms with van der Waals surface area (Å²) in [5.74, 6) is 0. The maximum absolute atomic E-state index is 11.2. The van der Waals surface area contributed by atoms with E-state index in [1.807, 2.05) is 0 Å². The molecule has 6 heteroatoms. The zero-order valence-corrected chi connectivity index (χ0v) is 8.85. The molecule has 0 atom stereocenters. The number of H-pyrrole nitrogens is 1. The van der Waals surface area contributed by atoms with Gasteiger partial charge in [-0.25, -0.2) is 8.42 Å². The second kappa shape index (κ2) is 2.96. The minimum atomic E-state index is -3.22. The molecule has 2 heterocycles. The summed E-state index contributed by atoms with van der Waals surface area (Å²) in [6, 6.07) is 1.51.